The lowest BCUT2D eigenvalue weighted by Crippen LogP contribution is -2.54. The highest BCUT2D eigenvalue weighted by atomic mass is 16.6. The van der Waals surface area contributed by atoms with Crippen molar-refractivity contribution in [1.29, 1.82) is 0 Å². The molecule has 0 saturated carbocycles. The van der Waals surface area contributed by atoms with E-state index in [1.165, 1.54) is 22.3 Å². The highest BCUT2D eigenvalue weighted by Gasteiger charge is 2.45. The second-order valence-electron chi connectivity index (χ2n) is 12.5. The number of carbonyl (C=O) groups excluding carboxylic acids is 1. The summed E-state index contributed by atoms with van der Waals surface area (Å²) in [5.74, 6) is 3.70. The van der Waals surface area contributed by atoms with Crippen LogP contribution in [0.25, 0.3) is 0 Å². The van der Waals surface area contributed by atoms with Crippen molar-refractivity contribution in [2.45, 2.75) is 57.7 Å². The van der Waals surface area contributed by atoms with Gasteiger partial charge in [0.2, 0.25) is 0 Å². The quantitative estimate of drug-likeness (QED) is 0.288. The maximum absolute atomic E-state index is 14.0. The van der Waals surface area contributed by atoms with E-state index in [1.807, 2.05) is 35.2 Å². The first-order valence-corrected chi connectivity index (χ1v) is 16.2. The summed E-state index contributed by atoms with van der Waals surface area (Å²) in [4.78, 5) is 18.7. The zero-order valence-electron chi connectivity index (χ0n) is 27.2. The predicted octanol–water partition coefficient (Wildman–Crippen LogP) is 6.47. The lowest BCUT2D eigenvalue weighted by molar-refractivity contribution is 0.000624. The van der Waals surface area contributed by atoms with Gasteiger partial charge in [0.25, 0.3) is 0 Å². The average molecular weight is 615 g/mol. The summed E-state index contributed by atoms with van der Waals surface area (Å²) in [5, 5.41) is 0. The molecule has 8 heteroatoms. The Balaban J connectivity index is 1.36. The Kier molecular flexibility index (Phi) is 9.40. The van der Waals surface area contributed by atoms with Gasteiger partial charge in [-0.2, -0.15) is 0 Å². The summed E-state index contributed by atoms with van der Waals surface area (Å²) in [5.41, 5.74) is 6.03. The molecule has 0 bridgehead atoms. The van der Waals surface area contributed by atoms with Crippen LogP contribution in [0.15, 0.2) is 54.6 Å². The van der Waals surface area contributed by atoms with Crippen LogP contribution in [-0.2, 0) is 30.6 Å². The van der Waals surface area contributed by atoms with Crippen molar-refractivity contribution in [2.75, 3.05) is 48.1 Å². The van der Waals surface area contributed by atoms with Crippen molar-refractivity contribution < 1.29 is 28.5 Å². The first-order valence-electron chi connectivity index (χ1n) is 16.2. The van der Waals surface area contributed by atoms with E-state index in [2.05, 4.69) is 36.1 Å². The Morgan fingerprint density at radius 2 is 1.42 bits per heavy atom. The van der Waals surface area contributed by atoms with Crippen LogP contribution in [0.4, 0.5) is 4.79 Å². The number of carbonyl (C=O) groups is 1. The van der Waals surface area contributed by atoms with E-state index in [0.29, 0.717) is 12.5 Å². The van der Waals surface area contributed by atoms with Crippen molar-refractivity contribution >= 4 is 6.09 Å². The summed E-state index contributed by atoms with van der Waals surface area (Å²) in [6.45, 7) is 5.15. The minimum absolute atomic E-state index is 0.0229. The minimum Gasteiger partial charge on any atom is -0.493 e. The van der Waals surface area contributed by atoms with E-state index >= 15 is 0 Å². The Labute approximate surface area is 267 Å². The van der Waals surface area contributed by atoms with Crippen molar-refractivity contribution in [3.8, 4) is 23.0 Å². The average Bonchev–Trinajstić information content (AvgIpc) is 3.28. The normalized spacial score (nSPS) is 22.7. The lowest BCUT2D eigenvalue weighted by Gasteiger charge is -2.50. The van der Waals surface area contributed by atoms with Gasteiger partial charge >= 0.3 is 6.09 Å². The maximum atomic E-state index is 14.0. The van der Waals surface area contributed by atoms with Gasteiger partial charge in [-0.25, -0.2) is 4.79 Å². The largest absolute Gasteiger partial charge is 0.493 e. The first-order chi connectivity index (χ1) is 22.0. The Hall–Kier alpha value is -3.91. The number of amides is 1. The molecule has 3 aromatic rings. The van der Waals surface area contributed by atoms with Crippen molar-refractivity contribution in [1.82, 2.24) is 9.80 Å². The molecule has 45 heavy (non-hydrogen) atoms. The monoisotopic (exact) mass is 614 g/mol. The van der Waals surface area contributed by atoms with Crippen LogP contribution < -0.4 is 18.9 Å². The first kappa shape index (κ1) is 31.1. The molecule has 0 aliphatic carbocycles. The van der Waals surface area contributed by atoms with E-state index in [1.54, 1.807) is 28.4 Å². The maximum Gasteiger partial charge on any atom is 0.410 e. The van der Waals surface area contributed by atoms with E-state index in [-0.39, 0.29) is 30.7 Å². The molecule has 1 amide bonds. The van der Waals surface area contributed by atoms with Crippen molar-refractivity contribution in [3.05, 3.63) is 82.4 Å². The van der Waals surface area contributed by atoms with Gasteiger partial charge in [-0.15, -0.1) is 0 Å². The zero-order chi connectivity index (χ0) is 31.5. The van der Waals surface area contributed by atoms with E-state index in [9.17, 15) is 4.79 Å². The third-order valence-corrected chi connectivity index (χ3v) is 10.3. The molecule has 0 aromatic heterocycles. The number of benzene rings is 3. The molecular formula is C37H46N2O6. The molecule has 240 valence electrons. The SMILES string of the molecule is CCC1CN2CCc3cc(OC)c(OC)cc3C2CC1C1Cc2cc(OC)c(OC)cc2CCN1C(=O)OCc1ccccc1. The number of ether oxygens (including phenoxy) is 5. The molecule has 0 spiro atoms. The third-order valence-electron chi connectivity index (χ3n) is 10.3. The number of methoxy groups -OCH3 is 4. The lowest BCUT2D eigenvalue weighted by atomic mass is 9.71. The molecule has 1 saturated heterocycles. The molecule has 3 aliphatic rings. The standard InChI is InChI=1S/C37H46N2O6/c1-6-25-22-38-14-12-27-18-34(42-3)36(44-5)21-30(27)31(38)20-29(25)32-16-28-19-35(43-4)33(41-2)17-26(28)13-15-39(32)37(40)45-23-24-10-8-7-9-11-24/h7-11,17-19,21,25,29,31-32H,6,12-16,20,22-23H2,1-5H3. The van der Waals surface area contributed by atoms with Gasteiger partial charge in [0.05, 0.1) is 28.4 Å². The van der Waals surface area contributed by atoms with Gasteiger partial charge in [0, 0.05) is 31.7 Å². The molecule has 0 radical (unpaired) electrons. The summed E-state index contributed by atoms with van der Waals surface area (Å²) >= 11 is 0. The fraction of sp³-hybridized carbons (Fsp3) is 0.486. The number of nitrogens with zero attached hydrogens (tertiary/aromatic N) is 2. The molecule has 3 aromatic carbocycles. The molecule has 3 aliphatic heterocycles. The predicted molar refractivity (Wildman–Crippen MR) is 174 cm³/mol. The van der Waals surface area contributed by atoms with E-state index in [4.69, 9.17) is 23.7 Å². The van der Waals surface area contributed by atoms with Gasteiger partial charge in [0.1, 0.15) is 6.61 Å². The summed E-state index contributed by atoms with van der Waals surface area (Å²) in [6.07, 6.45) is 4.21. The molecular weight excluding hydrogens is 568 g/mol. The second kappa shape index (κ2) is 13.6. The molecule has 0 N–H and O–H groups in total. The van der Waals surface area contributed by atoms with Crippen LogP contribution in [0.1, 0.15) is 53.6 Å². The van der Waals surface area contributed by atoms with Gasteiger partial charge in [0.15, 0.2) is 23.0 Å². The molecule has 1 fully saturated rings. The fourth-order valence-electron chi connectivity index (χ4n) is 7.90. The van der Waals surface area contributed by atoms with E-state index < -0.39 is 0 Å². The van der Waals surface area contributed by atoms with E-state index in [0.717, 1.165) is 73.8 Å². The highest BCUT2D eigenvalue weighted by molar-refractivity contribution is 5.68. The number of hydrogen-bond donors (Lipinski definition) is 0. The van der Waals surface area contributed by atoms with Crippen molar-refractivity contribution in [2.24, 2.45) is 11.8 Å². The second-order valence-corrected chi connectivity index (χ2v) is 12.5. The number of piperidine rings is 1. The summed E-state index contributed by atoms with van der Waals surface area (Å²) < 4.78 is 28.8. The summed E-state index contributed by atoms with van der Waals surface area (Å²) in [7, 11) is 6.75. The third kappa shape index (κ3) is 6.17. The van der Waals surface area contributed by atoms with Crippen LogP contribution in [-0.4, -0.2) is 70.0 Å². The van der Waals surface area contributed by atoms with Gasteiger partial charge < -0.3 is 28.6 Å². The molecule has 4 unspecified atom stereocenters. The van der Waals surface area contributed by atoms with Crippen LogP contribution in [0.2, 0.25) is 0 Å². The van der Waals surface area contributed by atoms with Gasteiger partial charge in [-0.3, -0.25) is 4.90 Å². The summed E-state index contributed by atoms with van der Waals surface area (Å²) in [6, 6.07) is 18.7. The number of fused-ring (bicyclic) bond motifs is 4. The molecule has 6 rings (SSSR count). The van der Waals surface area contributed by atoms with Crippen LogP contribution in [0.3, 0.4) is 0 Å². The molecule has 3 heterocycles. The zero-order valence-corrected chi connectivity index (χ0v) is 27.2. The van der Waals surface area contributed by atoms with Crippen LogP contribution in [0.5, 0.6) is 23.0 Å². The number of hydrogen-bond acceptors (Lipinski definition) is 7. The number of rotatable bonds is 8. The minimum atomic E-state index is -0.247. The fourth-order valence-corrected chi connectivity index (χ4v) is 7.90. The highest BCUT2D eigenvalue weighted by Crippen LogP contribution is 2.48. The Morgan fingerprint density at radius 1 is 0.800 bits per heavy atom. The van der Waals surface area contributed by atoms with Gasteiger partial charge in [-0.05, 0) is 89.6 Å². The smallest absolute Gasteiger partial charge is 0.410 e. The Morgan fingerprint density at radius 3 is 2.09 bits per heavy atom. The molecule has 8 nitrogen and oxygen atoms in total. The Bertz CT molecular complexity index is 1490. The van der Waals surface area contributed by atoms with Crippen LogP contribution >= 0.6 is 0 Å². The molecule has 4 atom stereocenters. The van der Waals surface area contributed by atoms with Crippen molar-refractivity contribution in [3.63, 3.8) is 0 Å². The van der Waals surface area contributed by atoms with Gasteiger partial charge in [-0.1, -0.05) is 43.7 Å². The topological polar surface area (TPSA) is 69.7 Å². The van der Waals surface area contributed by atoms with Crippen LogP contribution in [0, 0.1) is 11.8 Å².